The van der Waals surface area contributed by atoms with Crippen LogP contribution in [0.4, 0.5) is 0 Å². The van der Waals surface area contributed by atoms with Gasteiger partial charge in [0.25, 0.3) is 0 Å². The van der Waals surface area contributed by atoms with Crippen molar-refractivity contribution >= 4 is 17.7 Å². The van der Waals surface area contributed by atoms with Crippen LogP contribution in [0.5, 0.6) is 0 Å². The second-order valence-corrected chi connectivity index (χ2v) is 5.71. The molecule has 0 aromatic heterocycles. The molecular formula is C10H23Cl2N3O. The highest BCUT2D eigenvalue weighted by Crippen LogP contribution is 2.08. The quantitative estimate of drug-likeness (QED) is 0.423. The zero-order valence-corrected chi connectivity index (χ0v) is 12.2. The van der Waals surface area contributed by atoms with Crippen LogP contribution in [0.3, 0.4) is 0 Å². The Hall–Kier alpha value is -0.0300. The minimum absolute atomic E-state index is 0. The van der Waals surface area contributed by atoms with E-state index in [0.717, 1.165) is 11.0 Å². The largest absolute Gasteiger partial charge is 1.00 e. The van der Waals surface area contributed by atoms with Crippen molar-refractivity contribution in [2.45, 2.75) is 25.8 Å². The minimum Gasteiger partial charge on any atom is -1.00 e. The van der Waals surface area contributed by atoms with Gasteiger partial charge in [-0.05, 0) is 25.6 Å². The Morgan fingerprint density at radius 1 is 1.31 bits per heavy atom. The fourth-order valence-electron chi connectivity index (χ4n) is 1.03. The number of nitrogens with zero attached hydrogens (tertiary/aromatic N) is 1. The number of rotatable bonds is 6. The molecule has 0 rings (SSSR count). The van der Waals surface area contributed by atoms with Gasteiger partial charge in [0.2, 0.25) is 5.91 Å². The van der Waals surface area contributed by atoms with E-state index in [4.69, 9.17) is 11.8 Å². The average molecular weight is 272 g/mol. The van der Waals surface area contributed by atoms with Gasteiger partial charge in [0.15, 0.2) is 0 Å². The second kappa shape index (κ2) is 7.33. The number of halogens is 2. The summed E-state index contributed by atoms with van der Waals surface area (Å²) in [7, 11) is 6.28. The fraction of sp³-hybridized carbons (Fsp3) is 0.900. The number of quaternary nitrogens is 1. The third-order valence-corrected chi connectivity index (χ3v) is 2.47. The molecular weight excluding hydrogens is 249 g/mol. The number of nitrogens with one attached hydrogen (secondary N) is 2. The van der Waals surface area contributed by atoms with Gasteiger partial charge in [0, 0.05) is 12.0 Å². The van der Waals surface area contributed by atoms with Crippen LogP contribution >= 0.6 is 11.8 Å². The van der Waals surface area contributed by atoms with Crippen molar-refractivity contribution in [2.75, 3.05) is 34.2 Å². The molecule has 0 fully saturated rings. The van der Waals surface area contributed by atoms with Crippen LogP contribution in [-0.4, -0.2) is 50.2 Å². The molecule has 0 bridgehead atoms. The minimum atomic E-state index is -0.359. The lowest BCUT2D eigenvalue weighted by Gasteiger charge is -2.25. The summed E-state index contributed by atoms with van der Waals surface area (Å²) < 4.78 is 0.845. The maximum atomic E-state index is 11.5. The van der Waals surface area contributed by atoms with Gasteiger partial charge in [-0.15, -0.1) is 0 Å². The van der Waals surface area contributed by atoms with Crippen LogP contribution in [0.2, 0.25) is 0 Å². The van der Waals surface area contributed by atoms with E-state index >= 15 is 0 Å². The number of carbonyl (C=O) groups excluding carboxylic acids is 1. The molecule has 98 valence electrons. The number of amides is 1. The predicted molar refractivity (Wildman–Crippen MR) is 63.6 cm³/mol. The zero-order valence-electron chi connectivity index (χ0n) is 10.7. The van der Waals surface area contributed by atoms with Gasteiger partial charge in [-0.2, -0.15) is 0 Å². The average Bonchev–Trinajstić information content (AvgIpc) is 2.00. The topological polar surface area (TPSA) is 41.1 Å². The molecule has 1 amide bonds. The van der Waals surface area contributed by atoms with Gasteiger partial charge in [0.05, 0.1) is 34.2 Å². The van der Waals surface area contributed by atoms with Crippen LogP contribution in [0.1, 0.15) is 20.3 Å². The lowest BCUT2D eigenvalue weighted by Crippen LogP contribution is -3.00. The first-order valence-electron chi connectivity index (χ1n) is 5.11. The standard InChI is InChI=1S/C10H22ClN3O.ClH/c1-10(2,13-11)8-9(15)12-6-7-14(3,4)5;/h13H,6-8H2,1-5H3;1H. The highest BCUT2D eigenvalue weighted by atomic mass is 35.5. The maximum Gasteiger partial charge on any atom is 0.222 e. The number of hydrogen-bond acceptors (Lipinski definition) is 2. The molecule has 0 saturated heterocycles. The lowest BCUT2D eigenvalue weighted by atomic mass is 10.0. The molecule has 0 aliphatic carbocycles. The van der Waals surface area contributed by atoms with E-state index in [-0.39, 0.29) is 23.9 Å². The van der Waals surface area contributed by atoms with Gasteiger partial charge in [0.1, 0.15) is 0 Å². The van der Waals surface area contributed by atoms with E-state index in [1.54, 1.807) is 0 Å². The van der Waals surface area contributed by atoms with Crippen LogP contribution in [0.15, 0.2) is 0 Å². The predicted octanol–water partition coefficient (Wildman–Crippen LogP) is -2.28. The molecule has 0 aliphatic rings. The number of carbonyl (C=O) groups is 1. The first-order valence-corrected chi connectivity index (χ1v) is 5.49. The second-order valence-electron chi connectivity index (χ2n) is 5.52. The van der Waals surface area contributed by atoms with E-state index < -0.39 is 0 Å². The Bertz CT molecular complexity index is 215. The smallest absolute Gasteiger partial charge is 0.222 e. The van der Waals surface area contributed by atoms with Crippen molar-refractivity contribution in [1.29, 1.82) is 0 Å². The summed E-state index contributed by atoms with van der Waals surface area (Å²) in [4.78, 5) is 14.1. The van der Waals surface area contributed by atoms with Crippen molar-refractivity contribution in [3.05, 3.63) is 0 Å². The molecule has 16 heavy (non-hydrogen) atoms. The van der Waals surface area contributed by atoms with Crippen molar-refractivity contribution in [2.24, 2.45) is 0 Å². The molecule has 0 aromatic rings. The van der Waals surface area contributed by atoms with Crippen molar-refractivity contribution in [3.63, 3.8) is 0 Å². The number of hydrogen-bond donors (Lipinski definition) is 2. The first kappa shape index (κ1) is 18.3. The van der Waals surface area contributed by atoms with Crippen molar-refractivity contribution in [1.82, 2.24) is 10.2 Å². The van der Waals surface area contributed by atoms with E-state index in [1.807, 2.05) is 13.8 Å². The first-order chi connectivity index (χ1) is 6.66. The third-order valence-electron chi connectivity index (χ3n) is 1.96. The lowest BCUT2D eigenvalue weighted by molar-refractivity contribution is -0.869. The summed E-state index contributed by atoms with van der Waals surface area (Å²) in [6.07, 6.45) is 0.383. The molecule has 0 saturated carbocycles. The Balaban J connectivity index is 0. The van der Waals surface area contributed by atoms with Gasteiger partial charge in [-0.1, -0.05) is 0 Å². The summed E-state index contributed by atoms with van der Waals surface area (Å²) in [5, 5.41) is 2.88. The van der Waals surface area contributed by atoms with Crippen LogP contribution in [-0.2, 0) is 4.79 Å². The summed E-state index contributed by atoms with van der Waals surface area (Å²) in [6.45, 7) is 5.39. The van der Waals surface area contributed by atoms with Crippen LogP contribution in [0, 0.1) is 0 Å². The molecule has 4 nitrogen and oxygen atoms in total. The van der Waals surface area contributed by atoms with Crippen LogP contribution < -0.4 is 22.6 Å². The normalized spacial score (nSPS) is 11.9. The molecule has 0 aromatic carbocycles. The molecule has 0 heterocycles. The van der Waals surface area contributed by atoms with E-state index in [2.05, 4.69) is 31.3 Å². The van der Waals surface area contributed by atoms with Crippen LogP contribution in [0.25, 0.3) is 0 Å². The number of likely N-dealkylation sites (N-methyl/N-ethyl adjacent to an activating group) is 1. The maximum absolute atomic E-state index is 11.5. The SMILES string of the molecule is CC(C)(CC(=O)NCC[N+](C)(C)C)NCl.[Cl-]. The van der Waals surface area contributed by atoms with Gasteiger partial charge >= 0.3 is 0 Å². The third kappa shape index (κ3) is 10.5. The summed E-state index contributed by atoms with van der Waals surface area (Å²) in [5.74, 6) is 0.0293. The summed E-state index contributed by atoms with van der Waals surface area (Å²) >= 11 is 5.51. The zero-order chi connectivity index (χ0) is 12.1. The Labute approximate surface area is 110 Å². The molecule has 0 radical (unpaired) electrons. The molecule has 0 aliphatic heterocycles. The molecule has 2 N–H and O–H groups in total. The Kier molecular flexibility index (Phi) is 8.40. The summed E-state index contributed by atoms with van der Waals surface area (Å²) in [6, 6.07) is 0. The highest BCUT2D eigenvalue weighted by Gasteiger charge is 2.20. The Morgan fingerprint density at radius 3 is 2.19 bits per heavy atom. The van der Waals surface area contributed by atoms with E-state index in [1.165, 1.54) is 0 Å². The van der Waals surface area contributed by atoms with Gasteiger partial charge in [-0.3, -0.25) is 4.79 Å². The highest BCUT2D eigenvalue weighted by molar-refractivity contribution is 6.14. The summed E-state index contributed by atoms with van der Waals surface area (Å²) in [5.41, 5.74) is -0.359. The van der Waals surface area contributed by atoms with Crippen molar-refractivity contribution < 1.29 is 21.7 Å². The van der Waals surface area contributed by atoms with Crippen molar-refractivity contribution in [3.8, 4) is 0 Å². The molecule has 0 atom stereocenters. The molecule has 0 unspecified atom stereocenters. The van der Waals surface area contributed by atoms with E-state index in [0.29, 0.717) is 13.0 Å². The van der Waals surface area contributed by atoms with Gasteiger partial charge in [-0.25, -0.2) is 4.84 Å². The fourth-order valence-corrected chi connectivity index (χ4v) is 1.09. The van der Waals surface area contributed by atoms with E-state index in [9.17, 15) is 4.79 Å². The molecule has 6 heteroatoms. The monoisotopic (exact) mass is 271 g/mol. The van der Waals surface area contributed by atoms with Gasteiger partial charge < -0.3 is 22.2 Å². The Morgan fingerprint density at radius 2 is 1.81 bits per heavy atom. The molecule has 0 spiro atoms.